The predicted octanol–water partition coefficient (Wildman–Crippen LogP) is 0.278. The maximum atomic E-state index is 10.5. The third kappa shape index (κ3) is 7.43. The first kappa shape index (κ1) is 3.56. The van der Waals surface area contributed by atoms with Gasteiger partial charge in [0.25, 0.3) is 0 Å². The van der Waals surface area contributed by atoms with Gasteiger partial charge in [-0.25, -0.2) is 0 Å². The van der Waals surface area contributed by atoms with Gasteiger partial charge in [-0.2, -0.15) is 0 Å². The van der Waals surface area contributed by atoms with E-state index in [2.05, 4.69) is 0 Å². The van der Waals surface area contributed by atoms with E-state index in [0.29, 0.717) is 0 Å². The first-order chi connectivity index (χ1) is 5.61. The quantitative estimate of drug-likeness (QED) is 0.592. The third-order valence-corrected chi connectivity index (χ3v) is 0.494. The van der Waals surface area contributed by atoms with E-state index in [0.717, 1.165) is 6.92 Å². The molecule has 0 unspecified atom stereocenters. The van der Waals surface area contributed by atoms with Crippen LogP contribution in [-0.4, -0.2) is 17.6 Å². The molecule has 0 spiro atoms. The maximum Gasteiger partial charge on any atom is 0.223 e. The van der Waals surface area contributed by atoms with Gasteiger partial charge < -0.3 is 5.32 Å². The van der Waals surface area contributed by atoms with Gasteiger partial charge in [0.2, 0.25) is 11.1 Å². The molecule has 0 aliphatic rings. The molecular formula is C5H8ClNO2. The van der Waals surface area contributed by atoms with E-state index in [1.54, 1.807) is 5.32 Å². The lowest BCUT2D eigenvalue weighted by atomic mass is 10.4. The molecule has 0 aromatic carbocycles. The Labute approximate surface area is 64.0 Å². The van der Waals surface area contributed by atoms with Crippen LogP contribution in [0.4, 0.5) is 0 Å². The van der Waals surface area contributed by atoms with Crippen molar-refractivity contribution in [3.8, 4) is 0 Å². The van der Waals surface area contributed by atoms with Crippen LogP contribution < -0.4 is 5.32 Å². The topological polar surface area (TPSA) is 46.2 Å². The number of hydrogen-bond acceptors (Lipinski definition) is 2. The van der Waals surface area contributed by atoms with E-state index in [9.17, 15) is 9.59 Å². The molecule has 1 N–H and O–H groups in total. The van der Waals surface area contributed by atoms with Crippen molar-refractivity contribution in [1.29, 1.82) is 0 Å². The van der Waals surface area contributed by atoms with Gasteiger partial charge in [-0.15, -0.1) is 0 Å². The van der Waals surface area contributed by atoms with E-state index >= 15 is 0 Å². The maximum absolute atomic E-state index is 10.5. The minimum Gasteiger partial charge on any atom is -0.356 e. The van der Waals surface area contributed by atoms with Crippen molar-refractivity contribution in [2.24, 2.45) is 0 Å². The lowest BCUT2D eigenvalue weighted by molar-refractivity contribution is -0.119. The second kappa shape index (κ2) is 4.32. The molecule has 9 heavy (non-hydrogen) atoms. The number of hydrogen-bond donors (Lipinski definition) is 1. The largest absolute Gasteiger partial charge is 0.356 e. The molecule has 4 heteroatoms. The highest BCUT2D eigenvalue weighted by atomic mass is 35.5. The molecule has 0 aromatic heterocycles. The number of amides is 1. The molecule has 0 radical (unpaired) electrons. The summed E-state index contributed by atoms with van der Waals surface area (Å²) in [5.74, 6) is -0.785. The smallest absolute Gasteiger partial charge is 0.223 e. The SMILES string of the molecule is [2H]C([2H])(NC(C)=O)C([2H])([2H])C(=O)Cl. The third-order valence-electron chi connectivity index (χ3n) is 0.399. The Balaban J connectivity index is 4.80. The van der Waals surface area contributed by atoms with Crippen LogP contribution in [0.3, 0.4) is 0 Å². The number of halogens is 1. The first-order valence-electron chi connectivity index (χ1n) is 4.10. The zero-order valence-electron chi connectivity index (χ0n) is 8.69. The number of carbonyl (C=O) groups is 2. The van der Waals surface area contributed by atoms with Crippen LogP contribution in [-0.2, 0) is 9.59 Å². The van der Waals surface area contributed by atoms with Crippen molar-refractivity contribution >= 4 is 22.8 Å². The Bertz CT molecular complexity index is 243. The summed E-state index contributed by atoms with van der Waals surface area (Å²) in [5, 5.41) is 0.161. The van der Waals surface area contributed by atoms with E-state index in [1.807, 2.05) is 0 Å². The Morgan fingerprint density at radius 3 is 2.67 bits per heavy atom. The van der Waals surface area contributed by atoms with E-state index in [1.165, 1.54) is 0 Å². The van der Waals surface area contributed by atoms with Crippen molar-refractivity contribution in [1.82, 2.24) is 5.32 Å². The van der Waals surface area contributed by atoms with Gasteiger partial charge in [0.15, 0.2) is 0 Å². The summed E-state index contributed by atoms with van der Waals surface area (Å²) in [7, 11) is 0. The van der Waals surface area contributed by atoms with Crippen LogP contribution in [0.25, 0.3) is 0 Å². The molecule has 3 nitrogen and oxygen atoms in total. The Kier molecular flexibility index (Phi) is 1.71. The predicted molar refractivity (Wildman–Crippen MR) is 34.2 cm³/mol. The highest BCUT2D eigenvalue weighted by molar-refractivity contribution is 6.63. The fraction of sp³-hybridized carbons (Fsp3) is 0.600. The van der Waals surface area contributed by atoms with Gasteiger partial charge >= 0.3 is 0 Å². The minimum absolute atomic E-state index is 0.785. The number of nitrogens with one attached hydrogen (secondary N) is 1. The fourth-order valence-corrected chi connectivity index (χ4v) is 0.216. The highest BCUT2D eigenvalue weighted by Crippen LogP contribution is 1.84. The summed E-state index contributed by atoms with van der Waals surface area (Å²) in [4.78, 5) is 20.9. The monoisotopic (exact) mass is 153 g/mol. The standard InChI is InChI=1S/C5H8ClNO2/c1-4(8)7-3-2-5(6)9/h2-3H2,1H3,(H,7,8)/i2D2,3D2. The van der Waals surface area contributed by atoms with Crippen LogP contribution in [0.15, 0.2) is 0 Å². The molecule has 52 valence electrons. The molecule has 0 saturated carbocycles. The van der Waals surface area contributed by atoms with Gasteiger partial charge in [0, 0.05) is 25.3 Å². The van der Waals surface area contributed by atoms with Crippen molar-refractivity contribution in [2.45, 2.75) is 13.3 Å². The molecular weight excluding hydrogens is 142 g/mol. The van der Waals surface area contributed by atoms with Gasteiger partial charge in [-0.05, 0) is 11.6 Å². The summed E-state index contributed by atoms with van der Waals surface area (Å²) in [6.45, 7) is -1.80. The van der Waals surface area contributed by atoms with E-state index < -0.39 is 24.0 Å². The van der Waals surface area contributed by atoms with Crippen LogP contribution in [0.1, 0.15) is 18.8 Å². The zero-order valence-corrected chi connectivity index (χ0v) is 5.45. The number of rotatable bonds is 3. The molecule has 0 saturated heterocycles. The number of carbonyl (C=O) groups excluding carboxylic acids is 2. The molecule has 0 rings (SSSR count). The molecule has 0 aromatic rings. The van der Waals surface area contributed by atoms with Crippen LogP contribution in [0, 0.1) is 0 Å². The van der Waals surface area contributed by atoms with Crippen molar-refractivity contribution in [3.05, 3.63) is 0 Å². The van der Waals surface area contributed by atoms with Crippen molar-refractivity contribution < 1.29 is 15.1 Å². The summed E-state index contributed by atoms with van der Waals surface area (Å²) >= 11 is 4.83. The average molecular weight is 154 g/mol. The lowest BCUT2D eigenvalue weighted by Crippen LogP contribution is -2.21. The second-order valence-electron chi connectivity index (χ2n) is 1.20. The summed E-state index contributed by atoms with van der Waals surface area (Å²) < 4.78 is 28.0. The Morgan fingerprint density at radius 1 is 1.78 bits per heavy atom. The van der Waals surface area contributed by atoms with E-state index in [-0.39, 0.29) is 0 Å². The highest BCUT2D eigenvalue weighted by Gasteiger charge is 1.94. The van der Waals surface area contributed by atoms with Gasteiger partial charge in [-0.1, -0.05) is 0 Å². The van der Waals surface area contributed by atoms with Crippen molar-refractivity contribution in [3.63, 3.8) is 0 Å². The first-order valence-corrected chi connectivity index (χ1v) is 2.48. The molecule has 0 fully saturated rings. The van der Waals surface area contributed by atoms with Gasteiger partial charge in [0.1, 0.15) is 0 Å². The van der Waals surface area contributed by atoms with Crippen LogP contribution in [0.2, 0.25) is 0 Å². The summed E-state index contributed by atoms with van der Waals surface area (Å²) in [6.07, 6.45) is -2.94. The van der Waals surface area contributed by atoms with Crippen LogP contribution in [0.5, 0.6) is 0 Å². The van der Waals surface area contributed by atoms with Crippen LogP contribution >= 0.6 is 11.6 Å². The second-order valence-corrected chi connectivity index (χ2v) is 1.55. The summed E-state index contributed by atoms with van der Waals surface area (Å²) in [5.41, 5.74) is 0. The Hall–Kier alpha value is -0.570. The fourth-order valence-electron chi connectivity index (χ4n) is 0.168. The molecule has 0 bridgehead atoms. The molecule has 0 aliphatic carbocycles. The lowest BCUT2D eigenvalue weighted by Gasteiger charge is -1.95. The minimum atomic E-state index is -2.94. The normalized spacial score (nSPS) is 18.4. The average Bonchev–Trinajstić information content (AvgIpc) is 1.83. The summed E-state index contributed by atoms with van der Waals surface area (Å²) in [6, 6.07) is 0. The van der Waals surface area contributed by atoms with Gasteiger partial charge in [0.05, 0.1) is 0 Å². The molecule has 0 atom stereocenters. The molecule has 1 amide bonds. The van der Waals surface area contributed by atoms with Crippen molar-refractivity contribution in [2.75, 3.05) is 6.50 Å². The molecule has 0 aliphatic heterocycles. The molecule has 0 heterocycles. The van der Waals surface area contributed by atoms with E-state index in [4.69, 9.17) is 17.1 Å². The zero-order chi connectivity index (χ0) is 10.9. The van der Waals surface area contributed by atoms with Gasteiger partial charge in [-0.3, -0.25) is 9.59 Å². The Morgan fingerprint density at radius 2 is 2.33 bits per heavy atom.